The van der Waals surface area contributed by atoms with Crippen LogP contribution in [0.15, 0.2) is 0 Å². The Balaban J connectivity index is -0.0000000383. The molecule has 11 heavy (non-hydrogen) atoms. The normalized spacial score (nSPS) is 6.55. The van der Waals surface area contributed by atoms with Gasteiger partial charge in [-0.1, -0.05) is 21.8 Å². The summed E-state index contributed by atoms with van der Waals surface area (Å²) in [7, 11) is 3.17. The molecule has 0 aliphatic rings. The van der Waals surface area contributed by atoms with Crippen molar-refractivity contribution in [3.63, 3.8) is 0 Å². The van der Waals surface area contributed by atoms with E-state index in [0.29, 0.717) is 13.4 Å². The van der Waals surface area contributed by atoms with Gasteiger partial charge in [-0.15, -0.1) is 0 Å². The number of methoxy groups -OCH3 is 2. The smallest absolute Gasteiger partial charge is 0.145 e. The number of ether oxygens (including phenoxy) is 2. The van der Waals surface area contributed by atoms with Gasteiger partial charge in [-0.05, 0) is 6.42 Å². The molecule has 1 N–H and O–H groups in total. The summed E-state index contributed by atoms with van der Waals surface area (Å²) in [5, 5.41) is 7.88. The van der Waals surface area contributed by atoms with E-state index in [4.69, 9.17) is 5.11 Å². The molecule has 0 saturated carbocycles. The molecule has 0 rings (SSSR count). The Kier molecular flexibility index (Phi) is 66.7. The second-order valence-corrected chi connectivity index (χ2v) is 1.42. The van der Waals surface area contributed by atoms with Gasteiger partial charge in [0, 0.05) is 20.8 Å². The summed E-state index contributed by atoms with van der Waals surface area (Å²) >= 11 is 0. The van der Waals surface area contributed by atoms with Crippen molar-refractivity contribution in [3.05, 3.63) is 0 Å². The molecule has 0 heterocycles. The van der Waals surface area contributed by atoms with Gasteiger partial charge >= 0.3 is 0 Å². The van der Waals surface area contributed by atoms with Crippen molar-refractivity contribution in [2.75, 3.05) is 27.6 Å². The van der Waals surface area contributed by atoms with Crippen molar-refractivity contribution in [2.24, 2.45) is 0 Å². The van der Waals surface area contributed by atoms with E-state index in [1.165, 1.54) is 0 Å². The first-order valence-electron chi connectivity index (χ1n) is 2.92. The maximum atomic E-state index is 7.88. The SMILES string of the molecule is C.C.CCCO.COCOC. The van der Waals surface area contributed by atoms with E-state index < -0.39 is 0 Å². The lowest BCUT2D eigenvalue weighted by atomic mass is 10.5. The molecule has 3 nitrogen and oxygen atoms in total. The molecule has 0 atom stereocenters. The Labute approximate surface area is 71.3 Å². The lowest BCUT2D eigenvalue weighted by Gasteiger charge is -1.87. The third kappa shape index (κ3) is 74.0. The first-order valence-corrected chi connectivity index (χ1v) is 2.92. The largest absolute Gasteiger partial charge is 0.396 e. The highest BCUT2D eigenvalue weighted by molar-refractivity contribution is 4.10. The Morgan fingerprint density at radius 3 is 1.36 bits per heavy atom. The van der Waals surface area contributed by atoms with Crippen molar-refractivity contribution in [1.29, 1.82) is 0 Å². The third-order valence-corrected chi connectivity index (χ3v) is 0.459. The molecule has 0 saturated heterocycles. The summed E-state index contributed by atoms with van der Waals surface area (Å²) in [6, 6.07) is 0. The summed E-state index contributed by atoms with van der Waals surface area (Å²) in [6.07, 6.45) is 0.875. The summed E-state index contributed by atoms with van der Waals surface area (Å²) in [6.45, 7) is 2.64. The molecule has 0 spiro atoms. The second kappa shape index (κ2) is 32.7. The van der Waals surface area contributed by atoms with Gasteiger partial charge in [0.15, 0.2) is 0 Å². The molecule has 0 aromatic heterocycles. The molecule has 0 amide bonds. The van der Waals surface area contributed by atoms with E-state index in [0.717, 1.165) is 6.42 Å². The highest BCUT2D eigenvalue weighted by Crippen LogP contribution is 1.61. The van der Waals surface area contributed by atoms with Crippen LogP contribution in [0.1, 0.15) is 28.2 Å². The number of aliphatic hydroxyl groups excluding tert-OH is 1. The standard InChI is InChI=1S/C3H8O2.C3H8O.2CH4/c1-4-3-5-2;1-2-3-4;;/h3H2,1-2H3;4H,2-3H2,1H3;2*1H4. The van der Waals surface area contributed by atoms with Crippen LogP contribution in [0.5, 0.6) is 0 Å². The molecule has 0 fully saturated rings. The van der Waals surface area contributed by atoms with Crippen LogP contribution in [-0.2, 0) is 9.47 Å². The monoisotopic (exact) mass is 168 g/mol. The van der Waals surface area contributed by atoms with Gasteiger partial charge in [0.05, 0.1) is 0 Å². The zero-order chi connectivity index (χ0) is 7.54. The molecule has 0 unspecified atom stereocenters. The summed E-state index contributed by atoms with van der Waals surface area (Å²) in [4.78, 5) is 0. The highest BCUT2D eigenvalue weighted by atomic mass is 16.6. The van der Waals surface area contributed by atoms with Crippen molar-refractivity contribution < 1.29 is 14.6 Å². The zero-order valence-electron chi connectivity index (χ0n) is 6.39. The molecule has 0 aromatic carbocycles. The fraction of sp³-hybridized carbons (Fsp3) is 1.00. The first kappa shape index (κ1) is 22.4. The Morgan fingerprint density at radius 2 is 1.36 bits per heavy atom. The molecule has 0 radical (unpaired) electrons. The number of hydrogen-bond donors (Lipinski definition) is 1. The maximum Gasteiger partial charge on any atom is 0.145 e. The second-order valence-electron chi connectivity index (χ2n) is 1.42. The number of aliphatic hydroxyl groups is 1. The van der Waals surface area contributed by atoms with Crippen molar-refractivity contribution >= 4 is 0 Å². The first-order chi connectivity index (χ1) is 4.33. The molecule has 0 aliphatic heterocycles. The maximum absolute atomic E-state index is 7.88. The molecular formula is C8H24O3. The van der Waals surface area contributed by atoms with Crippen LogP contribution in [-0.4, -0.2) is 32.7 Å². The van der Waals surface area contributed by atoms with Crippen LogP contribution < -0.4 is 0 Å². The molecular weight excluding hydrogens is 144 g/mol. The number of rotatable bonds is 3. The van der Waals surface area contributed by atoms with Gasteiger partial charge in [-0.3, -0.25) is 0 Å². The van der Waals surface area contributed by atoms with E-state index in [2.05, 4.69) is 9.47 Å². The van der Waals surface area contributed by atoms with Crippen molar-refractivity contribution in [2.45, 2.75) is 28.2 Å². The topological polar surface area (TPSA) is 38.7 Å². The van der Waals surface area contributed by atoms with Crippen LogP contribution in [0.25, 0.3) is 0 Å². The number of hydrogen-bond acceptors (Lipinski definition) is 3. The average Bonchev–Trinajstić information content (AvgIpc) is 1.91. The van der Waals surface area contributed by atoms with Crippen LogP contribution in [0.2, 0.25) is 0 Å². The molecule has 74 valence electrons. The van der Waals surface area contributed by atoms with Gasteiger partial charge in [-0.25, -0.2) is 0 Å². The third-order valence-electron chi connectivity index (χ3n) is 0.459. The average molecular weight is 168 g/mol. The van der Waals surface area contributed by atoms with Crippen molar-refractivity contribution in [3.8, 4) is 0 Å². The van der Waals surface area contributed by atoms with Crippen LogP contribution in [0.4, 0.5) is 0 Å². The van der Waals surface area contributed by atoms with E-state index in [-0.39, 0.29) is 14.9 Å². The lowest BCUT2D eigenvalue weighted by Crippen LogP contribution is -1.87. The lowest BCUT2D eigenvalue weighted by molar-refractivity contribution is -0.00271. The van der Waals surface area contributed by atoms with Gasteiger partial charge in [0.1, 0.15) is 6.79 Å². The summed E-state index contributed by atoms with van der Waals surface area (Å²) < 4.78 is 8.94. The molecule has 0 aromatic rings. The predicted octanol–water partition coefficient (Wildman–Crippen LogP) is 1.90. The van der Waals surface area contributed by atoms with Crippen LogP contribution >= 0.6 is 0 Å². The van der Waals surface area contributed by atoms with Gasteiger partial charge in [0.2, 0.25) is 0 Å². The van der Waals surface area contributed by atoms with Crippen LogP contribution in [0, 0.1) is 0 Å². The van der Waals surface area contributed by atoms with E-state index in [1.807, 2.05) is 6.92 Å². The highest BCUT2D eigenvalue weighted by Gasteiger charge is 1.63. The Morgan fingerprint density at radius 1 is 1.09 bits per heavy atom. The van der Waals surface area contributed by atoms with E-state index >= 15 is 0 Å². The summed E-state index contributed by atoms with van der Waals surface area (Å²) in [5.41, 5.74) is 0. The Bertz CT molecular complexity index is 28.5. The summed E-state index contributed by atoms with van der Waals surface area (Å²) in [5.74, 6) is 0. The minimum Gasteiger partial charge on any atom is -0.396 e. The van der Waals surface area contributed by atoms with Crippen LogP contribution in [0.3, 0.4) is 0 Å². The zero-order valence-corrected chi connectivity index (χ0v) is 6.39. The minimum absolute atomic E-state index is 0. The molecule has 3 heteroatoms. The van der Waals surface area contributed by atoms with Crippen molar-refractivity contribution in [1.82, 2.24) is 0 Å². The quantitative estimate of drug-likeness (QED) is 0.654. The van der Waals surface area contributed by atoms with Gasteiger partial charge in [0.25, 0.3) is 0 Å². The van der Waals surface area contributed by atoms with Gasteiger partial charge in [-0.2, -0.15) is 0 Å². The molecule has 0 aliphatic carbocycles. The van der Waals surface area contributed by atoms with Gasteiger partial charge < -0.3 is 14.6 Å². The molecule has 0 bridgehead atoms. The predicted molar refractivity (Wildman–Crippen MR) is 49.7 cm³/mol. The fourth-order valence-electron chi connectivity index (χ4n) is 0.118. The Hall–Kier alpha value is -0.120. The fourth-order valence-corrected chi connectivity index (χ4v) is 0.118. The minimum atomic E-state index is 0. The van der Waals surface area contributed by atoms with E-state index in [9.17, 15) is 0 Å². The van der Waals surface area contributed by atoms with E-state index in [1.54, 1.807) is 14.2 Å².